The number of methoxy groups -OCH3 is 1. The summed E-state index contributed by atoms with van der Waals surface area (Å²) >= 11 is 0. The van der Waals surface area contributed by atoms with Crippen LogP contribution in [-0.4, -0.2) is 22.1 Å². The Morgan fingerprint density at radius 3 is 2.52 bits per heavy atom. The SMILES string of the molecule is COc1ccccc1CCc1cn(-c2ccccc2)nn1. The molecule has 0 saturated carbocycles. The lowest BCUT2D eigenvalue weighted by atomic mass is 10.1. The van der Waals surface area contributed by atoms with Crippen molar-refractivity contribution in [3.05, 3.63) is 72.1 Å². The van der Waals surface area contributed by atoms with Crippen molar-refractivity contribution in [3.63, 3.8) is 0 Å². The summed E-state index contributed by atoms with van der Waals surface area (Å²) in [6.45, 7) is 0. The van der Waals surface area contributed by atoms with Crippen LogP contribution in [0.1, 0.15) is 11.3 Å². The normalized spacial score (nSPS) is 10.5. The fourth-order valence-electron chi connectivity index (χ4n) is 2.29. The number of aromatic nitrogens is 3. The van der Waals surface area contributed by atoms with Crippen LogP contribution in [0.5, 0.6) is 5.75 Å². The topological polar surface area (TPSA) is 39.9 Å². The van der Waals surface area contributed by atoms with Crippen molar-refractivity contribution < 1.29 is 4.74 Å². The maximum atomic E-state index is 5.37. The van der Waals surface area contributed by atoms with E-state index in [9.17, 15) is 0 Å². The molecule has 0 N–H and O–H groups in total. The quantitative estimate of drug-likeness (QED) is 0.720. The molecule has 0 bridgehead atoms. The van der Waals surface area contributed by atoms with Crippen molar-refractivity contribution in [1.29, 1.82) is 0 Å². The molecule has 0 aliphatic rings. The van der Waals surface area contributed by atoms with E-state index in [1.54, 1.807) is 11.8 Å². The van der Waals surface area contributed by atoms with E-state index in [1.165, 1.54) is 5.56 Å². The third kappa shape index (κ3) is 3.11. The van der Waals surface area contributed by atoms with Gasteiger partial charge in [-0.25, -0.2) is 4.68 Å². The summed E-state index contributed by atoms with van der Waals surface area (Å²) in [6.07, 6.45) is 3.70. The minimum atomic E-state index is 0.840. The highest BCUT2D eigenvalue weighted by Gasteiger charge is 2.06. The maximum Gasteiger partial charge on any atom is 0.122 e. The molecule has 0 spiro atoms. The first kappa shape index (κ1) is 13.4. The number of benzene rings is 2. The van der Waals surface area contributed by atoms with Crippen molar-refractivity contribution in [3.8, 4) is 11.4 Å². The summed E-state index contributed by atoms with van der Waals surface area (Å²) in [4.78, 5) is 0. The van der Waals surface area contributed by atoms with Crippen molar-refractivity contribution >= 4 is 0 Å². The highest BCUT2D eigenvalue weighted by Crippen LogP contribution is 2.19. The maximum absolute atomic E-state index is 5.37. The molecule has 21 heavy (non-hydrogen) atoms. The molecule has 0 radical (unpaired) electrons. The first-order valence-corrected chi connectivity index (χ1v) is 6.95. The second-order valence-corrected chi connectivity index (χ2v) is 4.80. The molecule has 106 valence electrons. The van der Waals surface area contributed by atoms with E-state index in [0.29, 0.717) is 0 Å². The van der Waals surface area contributed by atoms with Gasteiger partial charge in [0.15, 0.2) is 0 Å². The van der Waals surface area contributed by atoms with Gasteiger partial charge in [-0.15, -0.1) is 5.10 Å². The highest BCUT2D eigenvalue weighted by atomic mass is 16.5. The van der Waals surface area contributed by atoms with E-state index in [-0.39, 0.29) is 0 Å². The average molecular weight is 279 g/mol. The van der Waals surface area contributed by atoms with Crippen LogP contribution in [0.15, 0.2) is 60.8 Å². The Bertz CT molecular complexity index is 707. The lowest BCUT2D eigenvalue weighted by molar-refractivity contribution is 0.409. The van der Waals surface area contributed by atoms with Gasteiger partial charge in [0.25, 0.3) is 0 Å². The zero-order valence-electron chi connectivity index (χ0n) is 11.9. The highest BCUT2D eigenvalue weighted by molar-refractivity contribution is 5.34. The summed E-state index contributed by atoms with van der Waals surface area (Å²) in [5.74, 6) is 0.924. The van der Waals surface area contributed by atoms with E-state index in [2.05, 4.69) is 16.4 Å². The lowest BCUT2D eigenvalue weighted by Gasteiger charge is -2.06. The molecule has 4 heteroatoms. The summed E-state index contributed by atoms with van der Waals surface area (Å²) in [5, 5.41) is 8.41. The molecule has 4 nitrogen and oxygen atoms in total. The van der Waals surface area contributed by atoms with Crippen LogP contribution in [0.2, 0.25) is 0 Å². The molecule has 2 aromatic carbocycles. The zero-order chi connectivity index (χ0) is 14.5. The Labute approximate surface area is 124 Å². The molecular weight excluding hydrogens is 262 g/mol. The van der Waals surface area contributed by atoms with Gasteiger partial charge in [0.1, 0.15) is 5.75 Å². The molecule has 0 aliphatic heterocycles. The van der Waals surface area contributed by atoms with Crippen LogP contribution in [-0.2, 0) is 12.8 Å². The van der Waals surface area contributed by atoms with Crippen molar-refractivity contribution in [2.75, 3.05) is 7.11 Å². The molecule has 0 aliphatic carbocycles. The van der Waals surface area contributed by atoms with Gasteiger partial charge in [0.05, 0.1) is 24.7 Å². The van der Waals surface area contributed by atoms with Gasteiger partial charge in [0, 0.05) is 0 Å². The van der Waals surface area contributed by atoms with Gasteiger partial charge < -0.3 is 4.74 Å². The molecule has 1 aromatic heterocycles. The predicted molar refractivity (Wildman–Crippen MR) is 81.8 cm³/mol. The monoisotopic (exact) mass is 279 g/mol. The second kappa shape index (κ2) is 6.22. The van der Waals surface area contributed by atoms with Crippen molar-refractivity contribution in [2.45, 2.75) is 12.8 Å². The van der Waals surface area contributed by atoms with E-state index in [4.69, 9.17) is 4.74 Å². The fraction of sp³-hybridized carbons (Fsp3) is 0.176. The Morgan fingerprint density at radius 2 is 1.71 bits per heavy atom. The number of rotatable bonds is 5. The number of aryl methyl sites for hydroxylation is 2. The van der Waals surface area contributed by atoms with E-state index < -0.39 is 0 Å². The molecule has 3 rings (SSSR count). The molecule has 3 aromatic rings. The van der Waals surface area contributed by atoms with Crippen LogP contribution in [0.4, 0.5) is 0 Å². The van der Waals surface area contributed by atoms with Gasteiger partial charge in [-0.1, -0.05) is 41.6 Å². The van der Waals surface area contributed by atoms with Crippen LogP contribution < -0.4 is 4.74 Å². The molecule has 0 fully saturated rings. The molecule has 0 atom stereocenters. The predicted octanol–water partition coefficient (Wildman–Crippen LogP) is 3.06. The summed E-state index contributed by atoms with van der Waals surface area (Å²) in [6, 6.07) is 18.1. The average Bonchev–Trinajstić information content (AvgIpc) is 3.03. The number of hydrogen-bond donors (Lipinski definition) is 0. The standard InChI is InChI=1S/C17H17N3O/c1-21-17-10-6-5-7-14(17)11-12-15-13-20(19-18-15)16-8-3-2-4-9-16/h2-10,13H,11-12H2,1H3. The molecule has 1 heterocycles. The van der Waals surface area contributed by atoms with Crippen molar-refractivity contribution in [1.82, 2.24) is 15.0 Å². The third-order valence-corrected chi connectivity index (χ3v) is 3.40. The minimum absolute atomic E-state index is 0.840. The Balaban J connectivity index is 1.71. The number of para-hydroxylation sites is 2. The molecular formula is C17H17N3O. The van der Waals surface area contributed by atoms with Crippen LogP contribution in [0.3, 0.4) is 0 Å². The summed E-state index contributed by atoms with van der Waals surface area (Å²) in [5.41, 5.74) is 3.19. The number of nitrogens with zero attached hydrogens (tertiary/aromatic N) is 3. The zero-order valence-corrected chi connectivity index (χ0v) is 11.9. The van der Waals surface area contributed by atoms with Gasteiger partial charge in [0.2, 0.25) is 0 Å². The fourth-order valence-corrected chi connectivity index (χ4v) is 2.29. The second-order valence-electron chi connectivity index (χ2n) is 4.80. The van der Waals surface area contributed by atoms with E-state index in [0.717, 1.165) is 30.0 Å². The van der Waals surface area contributed by atoms with Crippen LogP contribution >= 0.6 is 0 Å². The molecule has 0 amide bonds. The Kier molecular flexibility index (Phi) is 3.96. The lowest BCUT2D eigenvalue weighted by Crippen LogP contribution is -1.95. The van der Waals surface area contributed by atoms with Crippen LogP contribution in [0.25, 0.3) is 5.69 Å². The number of ether oxygens (including phenoxy) is 1. The number of hydrogen-bond acceptors (Lipinski definition) is 3. The third-order valence-electron chi connectivity index (χ3n) is 3.40. The minimum Gasteiger partial charge on any atom is -0.496 e. The molecule has 0 saturated heterocycles. The van der Waals surface area contributed by atoms with Crippen molar-refractivity contribution in [2.24, 2.45) is 0 Å². The summed E-state index contributed by atoms with van der Waals surface area (Å²) in [7, 11) is 1.70. The van der Waals surface area contributed by atoms with Crippen LogP contribution in [0, 0.1) is 0 Å². The smallest absolute Gasteiger partial charge is 0.122 e. The Morgan fingerprint density at radius 1 is 0.952 bits per heavy atom. The van der Waals surface area contributed by atoms with Gasteiger partial charge >= 0.3 is 0 Å². The van der Waals surface area contributed by atoms with E-state index >= 15 is 0 Å². The van der Waals surface area contributed by atoms with Gasteiger partial charge in [-0.05, 0) is 36.6 Å². The first-order valence-electron chi connectivity index (χ1n) is 6.95. The Hall–Kier alpha value is -2.62. The van der Waals surface area contributed by atoms with Gasteiger partial charge in [-0.3, -0.25) is 0 Å². The summed E-state index contributed by atoms with van der Waals surface area (Å²) < 4.78 is 7.17. The molecule has 0 unspecified atom stereocenters. The largest absolute Gasteiger partial charge is 0.496 e. The van der Waals surface area contributed by atoms with E-state index in [1.807, 2.05) is 54.7 Å². The van der Waals surface area contributed by atoms with Gasteiger partial charge in [-0.2, -0.15) is 0 Å². The first-order chi connectivity index (χ1) is 10.4.